The second-order valence-corrected chi connectivity index (χ2v) is 5.81. The van der Waals surface area contributed by atoms with Crippen LogP contribution in [0.15, 0.2) is 18.3 Å². The molecule has 2 heterocycles. The number of nitrogens with two attached hydrogens (primary N) is 1. The molecule has 1 amide bonds. The molecule has 6 nitrogen and oxygen atoms in total. The lowest BCUT2D eigenvalue weighted by Gasteiger charge is -2.20. The highest BCUT2D eigenvalue weighted by molar-refractivity contribution is 7.11. The predicted molar refractivity (Wildman–Crippen MR) is 79.2 cm³/mol. The second-order valence-electron chi connectivity index (χ2n) is 4.49. The van der Waals surface area contributed by atoms with Crippen molar-refractivity contribution >= 4 is 34.3 Å². The number of nitrogen functional groups attached to an aromatic ring is 1. The van der Waals surface area contributed by atoms with Gasteiger partial charge in [-0.3, -0.25) is 4.79 Å². The number of nitrogens with zero attached hydrogens (tertiary/aromatic N) is 1. The van der Waals surface area contributed by atoms with Crippen LogP contribution < -0.4 is 21.1 Å². The topological polar surface area (TPSA) is 89.3 Å². The molecule has 0 bridgehead atoms. The van der Waals surface area contributed by atoms with Gasteiger partial charge < -0.3 is 21.1 Å². The minimum atomic E-state index is -0.163. The van der Waals surface area contributed by atoms with E-state index >= 15 is 0 Å². The Morgan fingerprint density at radius 2 is 2.40 bits per heavy atom. The summed E-state index contributed by atoms with van der Waals surface area (Å²) >= 11 is 1.63. The van der Waals surface area contributed by atoms with E-state index < -0.39 is 0 Å². The molecule has 104 valence electrons. The molecule has 0 saturated heterocycles. The van der Waals surface area contributed by atoms with Crippen molar-refractivity contribution in [2.45, 2.75) is 13.5 Å². The van der Waals surface area contributed by atoms with Crippen molar-refractivity contribution in [1.29, 1.82) is 0 Å². The number of fused-ring (bicyclic) bond motifs is 1. The fourth-order valence-corrected chi connectivity index (χ4v) is 2.68. The zero-order valence-corrected chi connectivity index (χ0v) is 11.7. The molecule has 3 rings (SSSR count). The summed E-state index contributed by atoms with van der Waals surface area (Å²) in [4.78, 5) is 16.8. The van der Waals surface area contributed by atoms with Gasteiger partial charge in [-0.05, 0) is 13.0 Å². The van der Waals surface area contributed by atoms with E-state index in [9.17, 15) is 4.79 Å². The minimum absolute atomic E-state index is 0.0254. The number of aromatic nitrogens is 1. The van der Waals surface area contributed by atoms with Crippen LogP contribution in [0.3, 0.4) is 0 Å². The summed E-state index contributed by atoms with van der Waals surface area (Å²) in [5.74, 6) is 0.432. The summed E-state index contributed by atoms with van der Waals surface area (Å²) in [5.41, 5.74) is 7.94. The molecule has 0 saturated carbocycles. The Morgan fingerprint density at radius 1 is 1.55 bits per heavy atom. The van der Waals surface area contributed by atoms with Gasteiger partial charge in [0.25, 0.3) is 5.91 Å². The lowest BCUT2D eigenvalue weighted by molar-refractivity contribution is -0.118. The molecule has 0 unspecified atom stereocenters. The van der Waals surface area contributed by atoms with Gasteiger partial charge in [-0.1, -0.05) is 0 Å². The van der Waals surface area contributed by atoms with Gasteiger partial charge in [-0.25, -0.2) is 4.98 Å². The summed E-state index contributed by atoms with van der Waals surface area (Å²) in [5, 5.41) is 6.97. The van der Waals surface area contributed by atoms with Crippen LogP contribution in [0.2, 0.25) is 0 Å². The van der Waals surface area contributed by atoms with Crippen LogP contribution in [-0.4, -0.2) is 17.5 Å². The third kappa shape index (κ3) is 2.53. The average Bonchev–Trinajstić information content (AvgIpc) is 2.83. The van der Waals surface area contributed by atoms with Gasteiger partial charge in [-0.15, -0.1) is 11.3 Å². The van der Waals surface area contributed by atoms with Crippen molar-refractivity contribution in [3.8, 4) is 5.75 Å². The first-order valence-corrected chi connectivity index (χ1v) is 6.95. The van der Waals surface area contributed by atoms with Crippen LogP contribution in [0, 0.1) is 6.92 Å². The summed E-state index contributed by atoms with van der Waals surface area (Å²) in [6, 6.07) is 3.49. The quantitative estimate of drug-likeness (QED) is 0.752. The molecule has 1 aliphatic rings. The van der Waals surface area contributed by atoms with E-state index in [1.54, 1.807) is 23.5 Å². The Balaban J connectivity index is 1.79. The Bertz CT molecular complexity index is 668. The van der Waals surface area contributed by atoms with Crippen molar-refractivity contribution in [2.75, 3.05) is 23.0 Å². The monoisotopic (exact) mass is 290 g/mol. The molecule has 4 N–H and O–H groups in total. The maximum atomic E-state index is 11.3. The molecule has 1 aromatic heterocycles. The van der Waals surface area contributed by atoms with E-state index in [4.69, 9.17) is 10.5 Å². The van der Waals surface area contributed by atoms with Crippen molar-refractivity contribution in [3.63, 3.8) is 0 Å². The number of amides is 1. The number of benzene rings is 1. The van der Waals surface area contributed by atoms with E-state index in [-0.39, 0.29) is 12.5 Å². The standard InChI is InChI=1S/C13H14N4O2S/c1-7-4-16-13(20-7)5-15-9-3-10-11(2-8(9)14)19-6-12(18)17-10/h2-4,15H,5-6,14H2,1H3,(H,17,18). The second kappa shape index (κ2) is 5.01. The molecule has 7 heteroatoms. The molecule has 0 atom stereocenters. The lowest BCUT2D eigenvalue weighted by Crippen LogP contribution is -2.25. The number of rotatable bonds is 3. The summed E-state index contributed by atoms with van der Waals surface area (Å²) in [7, 11) is 0. The number of thiazole rings is 1. The van der Waals surface area contributed by atoms with Crippen molar-refractivity contribution in [1.82, 2.24) is 4.98 Å². The third-order valence-corrected chi connectivity index (χ3v) is 3.80. The van der Waals surface area contributed by atoms with Crippen molar-refractivity contribution in [2.24, 2.45) is 0 Å². The van der Waals surface area contributed by atoms with Gasteiger partial charge in [-0.2, -0.15) is 0 Å². The molecule has 0 spiro atoms. The summed E-state index contributed by atoms with van der Waals surface area (Å²) in [6.45, 7) is 2.63. The first-order valence-electron chi connectivity index (χ1n) is 6.13. The normalized spacial score (nSPS) is 13.3. The van der Waals surface area contributed by atoms with Crippen LogP contribution in [0.4, 0.5) is 17.1 Å². The molecule has 1 aromatic carbocycles. The first kappa shape index (κ1) is 12.7. The van der Waals surface area contributed by atoms with Crippen molar-refractivity contribution in [3.05, 3.63) is 28.2 Å². The largest absolute Gasteiger partial charge is 0.482 e. The number of hydrogen-bond acceptors (Lipinski definition) is 6. The van der Waals surface area contributed by atoms with Crippen LogP contribution in [-0.2, 0) is 11.3 Å². The zero-order valence-electron chi connectivity index (χ0n) is 10.9. The van der Waals surface area contributed by atoms with E-state index in [1.807, 2.05) is 13.1 Å². The Morgan fingerprint density at radius 3 is 3.15 bits per heavy atom. The fourth-order valence-electron chi connectivity index (χ4n) is 1.95. The third-order valence-electron chi connectivity index (χ3n) is 2.88. The van der Waals surface area contributed by atoms with E-state index in [1.165, 1.54) is 4.88 Å². The molecule has 0 fully saturated rings. The van der Waals surface area contributed by atoms with Crippen LogP contribution in [0.1, 0.15) is 9.88 Å². The average molecular weight is 290 g/mol. The molecule has 20 heavy (non-hydrogen) atoms. The number of ether oxygens (including phenoxy) is 1. The Labute approximate surface area is 120 Å². The predicted octanol–water partition coefficient (Wildman–Crippen LogP) is 1.98. The highest BCUT2D eigenvalue weighted by Gasteiger charge is 2.17. The van der Waals surface area contributed by atoms with Gasteiger partial charge in [0.1, 0.15) is 10.8 Å². The zero-order chi connectivity index (χ0) is 14.1. The van der Waals surface area contributed by atoms with Gasteiger partial charge in [0.2, 0.25) is 0 Å². The smallest absolute Gasteiger partial charge is 0.262 e. The number of anilines is 3. The number of hydrogen-bond donors (Lipinski definition) is 3. The maximum Gasteiger partial charge on any atom is 0.262 e. The van der Waals surface area contributed by atoms with Gasteiger partial charge in [0, 0.05) is 17.1 Å². The fraction of sp³-hybridized carbons (Fsp3) is 0.231. The lowest BCUT2D eigenvalue weighted by atomic mass is 10.2. The van der Waals surface area contributed by atoms with Gasteiger partial charge in [0.05, 0.1) is 23.6 Å². The Kier molecular flexibility index (Phi) is 3.19. The molecule has 0 aliphatic carbocycles. The Hall–Kier alpha value is -2.28. The van der Waals surface area contributed by atoms with Crippen LogP contribution in [0.25, 0.3) is 0 Å². The minimum Gasteiger partial charge on any atom is -0.482 e. The first-order chi connectivity index (χ1) is 9.61. The van der Waals surface area contributed by atoms with E-state index in [0.29, 0.717) is 23.7 Å². The number of nitrogens with one attached hydrogen (secondary N) is 2. The molecule has 1 aliphatic heterocycles. The number of carbonyl (C=O) groups is 1. The van der Waals surface area contributed by atoms with E-state index in [0.717, 1.165) is 10.7 Å². The van der Waals surface area contributed by atoms with E-state index in [2.05, 4.69) is 15.6 Å². The van der Waals surface area contributed by atoms with Crippen LogP contribution in [0.5, 0.6) is 5.75 Å². The SMILES string of the molecule is Cc1cnc(CNc2cc3c(cc2N)OCC(=O)N3)s1. The molecule has 0 radical (unpaired) electrons. The summed E-state index contributed by atoms with van der Waals surface area (Å²) < 4.78 is 5.31. The number of carbonyl (C=O) groups excluding carboxylic acids is 1. The van der Waals surface area contributed by atoms with Crippen LogP contribution >= 0.6 is 11.3 Å². The highest BCUT2D eigenvalue weighted by atomic mass is 32.1. The van der Waals surface area contributed by atoms with Crippen molar-refractivity contribution < 1.29 is 9.53 Å². The molecule has 2 aromatic rings. The molecular weight excluding hydrogens is 276 g/mol. The van der Waals surface area contributed by atoms with Gasteiger partial charge in [0.15, 0.2) is 6.61 Å². The number of aryl methyl sites for hydroxylation is 1. The summed E-state index contributed by atoms with van der Waals surface area (Å²) in [6.07, 6.45) is 1.84. The van der Waals surface area contributed by atoms with Gasteiger partial charge >= 0.3 is 0 Å². The molecular formula is C13H14N4O2S. The maximum absolute atomic E-state index is 11.3. The highest BCUT2D eigenvalue weighted by Crippen LogP contribution is 2.35.